The van der Waals surface area contributed by atoms with Gasteiger partial charge >= 0.3 is 0 Å². The predicted molar refractivity (Wildman–Crippen MR) is 83.1 cm³/mol. The fourth-order valence-electron chi connectivity index (χ4n) is 2.33. The van der Waals surface area contributed by atoms with E-state index in [9.17, 15) is 9.59 Å². The summed E-state index contributed by atoms with van der Waals surface area (Å²) in [6, 6.07) is 0. The number of quaternary nitrogens is 1. The summed E-state index contributed by atoms with van der Waals surface area (Å²) in [5, 5.41) is 0. The molecule has 2 N–H and O–H groups in total. The number of carbonyl (C=O) groups is 2. The van der Waals surface area contributed by atoms with Crippen molar-refractivity contribution in [3.8, 4) is 0 Å². The van der Waals surface area contributed by atoms with Crippen molar-refractivity contribution in [3.05, 3.63) is 23.8 Å². The van der Waals surface area contributed by atoms with Gasteiger partial charge in [-0.3, -0.25) is 9.59 Å². The second-order valence-corrected chi connectivity index (χ2v) is 5.04. The number of ketones is 1. The van der Waals surface area contributed by atoms with E-state index in [2.05, 4.69) is 27.7 Å². The van der Waals surface area contributed by atoms with Gasteiger partial charge in [-0.25, -0.2) is 0 Å². The van der Waals surface area contributed by atoms with E-state index in [1.807, 2.05) is 0 Å². The van der Waals surface area contributed by atoms with Gasteiger partial charge in [0.2, 0.25) is 5.91 Å². The lowest BCUT2D eigenvalue weighted by Gasteiger charge is -2.35. The summed E-state index contributed by atoms with van der Waals surface area (Å²) in [5.41, 5.74) is 5.36. The van der Waals surface area contributed by atoms with E-state index in [0.29, 0.717) is 5.57 Å². The van der Waals surface area contributed by atoms with E-state index < -0.39 is 5.91 Å². The Morgan fingerprint density at radius 2 is 1.67 bits per heavy atom. The monoisotopic (exact) mass is 408 g/mol. The van der Waals surface area contributed by atoms with Gasteiger partial charge in [-0.15, -0.1) is 0 Å². The first-order valence-corrected chi connectivity index (χ1v) is 7.50. The first kappa shape index (κ1) is 22.6. The highest BCUT2D eigenvalue weighted by atomic mass is 127. The molecule has 122 valence electrons. The third-order valence-corrected chi connectivity index (χ3v) is 3.97. The van der Waals surface area contributed by atoms with Crippen LogP contribution in [-0.4, -0.2) is 42.4 Å². The molecule has 0 spiro atoms. The molecule has 1 amide bonds. The summed E-state index contributed by atoms with van der Waals surface area (Å²) in [5.74, 6) is -0.478. The van der Waals surface area contributed by atoms with E-state index in [0.717, 1.165) is 0 Å². The van der Waals surface area contributed by atoms with Crippen LogP contribution in [0.15, 0.2) is 23.8 Å². The number of hydrogen-bond donors (Lipinski definition) is 1. The quantitative estimate of drug-likeness (QED) is 0.463. The van der Waals surface area contributed by atoms with Crippen molar-refractivity contribution in [1.29, 1.82) is 0 Å². The molecule has 0 aromatic heterocycles. The summed E-state index contributed by atoms with van der Waals surface area (Å²) in [6.45, 7) is 14.4. The molecule has 0 radical (unpaired) electrons. The first-order chi connectivity index (χ1) is 9.44. The van der Waals surface area contributed by atoms with Crippen LogP contribution in [0.25, 0.3) is 0 Å². The largest absolute Gasteiger partial charge is 1.00 e. The Bertz CT molecular complexity index is 377. The lowest BCUT2D eigenvalue weighted by Crippen LogP contribution is -3.00. The van der Waals surface area contributed by atoms with E-state index >= 15 is 0 Å². The summed E-state index contributed by atoms with van der Waals surface area (Å²) >= 11 is 0. The Kier molecular flexibility index (Phi) is 12.8. The van der Waals surface area contributed by atoms with Crippen molar-refractivity contribution in [2.75, 3.05) is 26.2 Å². The molecule has 0 bridgehead atoms. The minimum absolute atomic E-state index is 0. The van der Waals surface area contributed by atoms with E-state index in [4.69, 9.17) is 5.73 Å². The van der Waals surface area contributed by atoms with Crippen LogP contribution < -0.4 is 29.7 Å². The summed E-state index contributed by atoms with van der Waals surface area (Å²) in [6.07, 6.45) is 5.93. The second-order valence-electron chi connectivity index (χ2n) is 5.04. The lowest BCUT2D eigenvalue weighted by molar-refractivity contribution is -0.923. The molecule has 4 nitrogen and oxygen atoms in total. The van der Waals surface area contributed by atoms with E-state index in [1.54, 1.807) is 0 Å². The first-order valence-electron chi connectivity index (χ1n) is 7.50. The molecule has 0 unspecified atom stereocenters. The van der Waals surface area contributed by atoms with Crippen molar-refractivity contribution in [1.82, 2.24) is 0 Å². The van der Waals surface area contributed by atoms with E-state index in [1.165, 1.54) is 55.3 Å². The number of primary amides is 1. The molecule has 21 heavy (non-hydrogen) atoms. The molecule has 0 heterocycles. The molecule has 0 atom stereocenters. The van der Waals surface area contributed by atoms with Gasteiger partial charge in [0, 0.05) is 12.0 Å². The highest BCUT2D eigenvalue weighted by Gasteiger charge is 2.18. The maximum absolute atomic E-state index is 10.5. The van der Waals surface area contributed by atoms with Crippen LogP contribution in [-0.2, 0) is 9.59 Å². The Morgan fingerprint density at radius 3 is 1.90 bits per heavy atom. The Labute approximate surface area is 146 Å². The zero-order valence-corrected chi connectivity index (χ0v) is 15.9. The smallest absolute Gasteiger partial charge is 0.248 e. The minimum atomic E-state index is -0.483. The van der Waals surface area contributed by atoms with E-state index in [-0.39, 0.29) is 36.2 Å². The molecule has 0 aromatic rings. The molecule has 5 heteroatoms. The number of carbonyl (C=O) groups excluding carboxylic acids is 2. The number of hydrogen-bond acceptors (Lipinski definition) is 2. The third kappa shape index (κ3) is 8.36. The van der Waals surface area contributed by atoms with Gasteiger partial charge in [0.25, 0.3) is 0 Å². The maximum Gasteiger partial charge on any atom is 0.248 e. The Hall–Kier alpha value is -0.690. The van der Waals surface area contributed by atoms with Crippen LogP contribution in [0.4, 0.5) is 0 Å². The predicted octanol–water partition coefficient (Wildman–Crippen LogP) is -0.796. The van der Waals surface area contributed by atoms with Crippen LogP contribution >= 0.6 is 0 Å². The third-order valence-electron chi connectivity index (χ3n) is 3.97. The van der Waals surface area contributed by atoms with Gasteiger partial charge in [0.05, 0.1) is 26.2 Å². The van der Waals surface area contributed by atoms with Gasteiger partial charge in [-0.2, -0.15) is 0 Å². The fourth-order valence-corrected chi connectivity index (χ4v) is 2.33. The zero-order valence-electron chi connectivity index (χ0n) is 13.7. The number of nitrogens with zero attached hydrogens (tertiary/aromatic N) is 1. The summed E-state index contributed by atoms with van der Waals surface area (Å²) in [4.78, 5) is 21.0. The highest BCUT2D eigenvalue weighted by Crippen LogP contribution is 2.06. The van der Waals surface area contributed by atoms with Crippen LogP contribution in [0.2, 0.25) is 0 Å². The average molecular weight is 408 g/mol. The van der Waals surface area contributed by atoms with Crippen LogP contribution in [0, 0.1) is 0 Å². The van der Waals surface area contributed by atoms with Crippen molar-refractivity contribution in [3.63, 3.8) is 0 Å². The molecule has 1 aliphatic carbocycles. The van der Waals surface area contributed by atoms with Crippen molar-refractivity contribution >= 4 is 11.7 Å². The second kappa shape index (κ2) is 11.9. The van der Waals surface area contributed by atoms with Crippen LogP contribution in [0.3, 0.4) is 0 Å². The zero-order chi connectivity index (χ0) is 15.6. The molecule has 0 saturated heterocycles. The number of nitrogens with two attached hydrogens (primary N) is 1. The van der Waals surface area contributed by atoms with Gasteiger partial charge in [0.1, 0.15) is 0 Å². The van der Waals surface area contributed by atoms with Crippen LogP contribution in [0.1, 0.15) is 40.5 Å². The molecule has 1 rings (SSSR count). The van der Waals surface area contributed by atoms with Crippen molar-refractivity contribution < 1.29 is 38.0 Å². The standard InChI is InChI=1S/C9H22N.C7H7NO2.HI/c1-5-9-10(6-2,7-3)8-4;8-7(10)5-1-3-6(9)4-2-5;/h5-9H2,1-4H3;1-3H,4H2,(H2,8,10);1H/q+1;;/p-1. The summed E-state index contributed by atoms with van der Waals surface area (Å²) < 4.78 is 1.30. The minimum Gasteiger partial charge on any atom is -1.00 e. The SMILES string of the molecule is CCC[N+](CC)(CC)CC.NC(=O)C1=CCC(=O)C=C1.[I-]. The fraction of sp³-hybridized carbons (Fsp3) is 0.625. The number of rotatable bonds is 6. The molecule has 0 aliphatic heterocycles. The molecular weight excluding hydrogens is 379 g/mol. The normalized spacial score (nSPS) is 13.7. The Morgan fingerprint density at radius 1 is 1.14 bits per heavy atom. The molecule has 0 saturated carbocycles. The van der Waals surface area contributed by atoms with Crippen LogP contribution in [0.5, 0.6) is 0 Å². The van der Waals surface area contributed by atoms with Gasteiger partial charge < -0.3 is 34.2 Å². The highest BCUT2D eigenvalue weighted by molar-refractivity contribution is 6.01. The topological polar surface area (TPSA) is 60.2 Å². The number of halogens is 1. The molecule has 0 fully saturated rings. The molecule has 0 aromatic carbocycles. The van der Waals surface area contributed by atoms with Gasteiger partial charge in [0.15, 0.2) is 5.78 Å². The van der Waals surface area contributed by atoms with Gasteiger partial charge in [-0.05, 0) is 39.3 Å². The van der Waals surface area contributed by atoms with Gasteiger partial charge in [-0.1, -0.05) is 13.0 Å². The molecule has 1 aliphatic rings. The number of allylic oxidation sites excluding steroid dienone is 2. The Balaban J connectivity index is 0. The van der Waals surface area contributed by atoms with Crippen molar-refractivity contribution in [2.24, 2.45) is 5.73 Å². The number of amides is 1. The average Bonchev–Trinajstić information content (AvgIpc) is 2.46. The lowest BCUT2D eigenvalue weighted by atomic mass is 10.1. The summed E-state index contributed by atoms with van der Waals surface area (Å²) in [7, 11) is 0. The maximum atomic E-state index is 10.5. The van der Waals surface area contributed by atoms with Crippen molar-refractivity contribution in [2.45, 2.75) is 40.5 Å². The molecular formula is C16H29IN2O2.